The van der Waals surface area contributed by atoms with Crippen LogP contribution in [0.25, 0.3) is 0 Å². The zero-order chi connectivity index (χ0) is 18.2. The molecule has 0 aliphatic heterocycles. The minimum Gasteiger partial charge on any atom is -0.379 e. The van der Waals surface area contributed by atoms with Gasteiger partial charge in [-0.3, -0.25) is 4.98 Å². The fourth-order valence-corrected chi connectivity index (χ4v) is 5.67. The Labute approximate surface area is 155 Å². The highest BCUT2D eigenvalue weighted by Crippen LogP contribution is 2.57. The summed E-state index contributed by atoms with van der Waals surface area (Å²) in [7, 11) is -2.87. The molecule has 134 valence electrons. The second kappa shape index (κ2) is 8.93. The maximum Gasteiger partial charge on any atom is 0.148 e. The van der Waals surface area contributed by atoms with E-state index in [1.807, 2.05) is 66.7 Å². The number of aliphatic hydroxyl groups is 1. The molecule has 0 amide bonds. The largest absolute Gasteiger partial charge is 0.379 e. The van der Waals surface area contributed by atoms with Crippen molar-refractivity contribution in [1.82, 2.24) is 4.98 Å². The van der Waals surface area contributed by atoms with Gasteiger partial charge in [0.2, 0.25) is 0 Å². The van der Waals surface area contributed by atoms with Gasteiger partial charge in [-0.25, -0.2) is 0 Å². The van der Waals surface area contributed by atoms with Crippen molar-refractivity contribution in [3.63, 3.8) is 0 Å². The minimum atomic E-state index is -2.87. The van der Waals surface area contributed by atoms with Gasteiger partial charge >= 0.3 is 0 Å². The predicted molar refractivity (Wildman–Crippen MR) is 107 cm³/mol. The lowest BCUT2D eigenvalue weighted by Gasteiger charge is -2.24. The molecule has 1 unspecified atom stereocenters. The summed E-state index contributed by atoms with van der Waals surface area (Å²) >= 11 is 0. The highest BCUT2D eigenvalue weighted by Gasteiger charge is 2.33. The van der Waals surface area contributed by atoms with Crippen LogP contribution in [0, 0.1) is 0 Å². The number of aryl methyl sites for hydroxylation is 2. The number of nitrogens with zero attached hydrogens (tertiary/aromatic N) is 1. The van der Waals surface area contributed by atoms with Crippen molar-refractivity contribution in [1.29, 1.82) is 0 Å². The third-order valence-corrected chi connectivity index (χ3v) is 7.76. The summed E-state index contributed by atoms with van der Waals surface area (Å²) in [6, 6.07) is 25.4. The van der Waals surface area contributed by atoms with Crippen LogP contribution >= 0.6 is 7.14 Å². The molecule has 2 aromatic carbocycles. The van der Waals surface area contributed by atoms with Crippen LogP contribution in [0.15, 0.2) is 85.1 Å². The maximum absolute atomic E-state index is 13.8. The van der Waals surface area contributed by atoms with E-state index in [1.165, 1.54) is 0 Å². The third kappa shape index (κ3) is 4.91. The van der Waals surface area contributed by atoms with Crippen LogP contribution in [0.5, 0.6) is 0 Å². The van der Waals surface area contributed by atoms with Crippen molar-refractivity contribution < 1.29 is 9.67 Å². The van der Waals surface area contributed by atoms with Crippen molar-refractivity contribution >= 4 is 7.14 Å². The van der Waals surface area contributed by atoms with Crippen LogP contribution in [0.3, 0.4) is 0 Å². The van der Waals surface area contributed by atoms with Gasteiger partial charge in [0.05, 0.1) is 5.69 Å². The molecule has 3 aromatic rings. The second-order valence-corrected chi connectivity index (χ2v) is 9.79. The number of benzene rings is 2. The number of hydrogen-bond acceptors (Lipinski definition) is 3. The van der Waals surface area contributed by atoms with E-state index in [2.05, 4.69) is 4.98 Å². The van der Waals surface area contributed by atoms with E-state index < -0.39 is 13.0 Å². The summed E-state index contributed by atoms with van der Waals surface area (Å²) in [5.41, 5.74) is 2.78. The van der Waals surface area contributed by atoms with Crippen molar-refractivity contribution in [3.8, 4) is 0 Å². The molecule has 0 saturated carbocycles. The fourth-order valence-electron chi connectivity index (χ4n) is 3.05. The van der Waals surface area contributed by atoms with Crippen LogP contribution in [0.1, 0.15) is 22.7 Å². The van der Waals surface area contributed by atoms with Gasteiger partial charge in [-0.15, -0.1) is 0 Å². The lowest BCUT2D eigenvalue weighted by Crippen LogP contribution is -2.11. The normalized spacial score (nSPS) is 12.7. The first-order valence-electron chi connectivity index (χ1n) is 8.92. The van der Waals surface area contributed by atoms with E-state index in [4.69, 9.17) is 0 Å². The van der Waals surface area contributed by atoms with Gasteiger partial charge in [-0.05, 0) is 36.1 Å². The molecular weight excluding hydrogens is 341 g/mol. The number of rotatable bonds is 8. The fraction of sp³-hybridized carbons (Fsp3) is 0.227. The summed E-state index contributed by atoms with van der Waals surface area (Å²) in [4.78, 5) is 4.23. The summed E-state index contributed by atoms with van der Waals surface area (Å²) in [5.74, 6) is -1.02. The first-order valence-corrected chi connectivity index (χ1v) is 11.1. The first-order chi connectivity index (χ1) is 12.7. The van der Waals surface area contributed by atoms with Gasteiger partial charge in [0.25, 0.3) is 0 Å². The Morgan fingerprint density at radius 2 is 1.27 bits per heavy atom. The van der Waals surface area contributed by atoms with Crippen LogP contribution in [0.2, 0.25) is 0 Å². The van der Waals surface area contributed by atoms with Gasteiger partial charge in [-0.2, -0.15) is 0 Å². The smallest absolute Gasteiger partial charge is 0.148 e. The summed E-state index contributed by atoms with van der Waals surface area (Å²) in [6.45, 7) is 0. The van der Waals surface area contributed by atoms with Crippen LogP contribution in [0.4, 0.5) is 0 Å². The van der Waals surface area contributed by atoms with Gasteiger partial charge in [-0.1, -0.05) is 66.7 Å². The maximum atomic E-state index is 13.8. The van der Waals surface area contributed by atoms with E-state index in [0.717, 1.165) is 11.1 Å². The molecule has 0 bridgehead atoms. The summed E-state index contributed by atoms with van der Waals surface area (Å²) in [5, 5.41) is 10.9. The van der Waals surface area contributed by atoms with E-state index in [9.17, 15) is 9.67 Å². The molecule has 3 nitrogen and oxygen atoms in total. The molecule has 4 heteroatoms. The zero-order valence-electron chi connectivity index (χ0n) is 14.7. The first kappa shape index (κ1) is 18.6. The Morgan fingerprint density at radius 3 is 1.73 bits per heavy atom. The number of aromatic nitrogens is 1. The van der Waals surface area contributed by atoms with Crippen molar-refractivity contribution in [2.24, 2.45) is 0 Å². The van der Waals surface area contributed by atoms with Gasteiger partial charge in [0, 0.05) is 18.5 Å². The lowest BCUT2D eigenvalue weighted by molar-refractivity contribution is 0.248. The minimum absolute atomic E-state index is 0.474. The summed E-state index contributed by atoms with van der Waals surface area (Å²) in [6.07, 6.45) is 3.97. The molecular formula is C22H24NO2P. The Balaban J connectivity index is 1.78. The number of aliphatic hydroxyl groups excluding tert-OH is 1. The molecule has 1 N–H and O–H groups in total. The van der Waals surface area contributed by atoms with Crippen molar-refractivity contribution in [2.75, 3.05) is 12.3 Å². The Kier molecular flexibility index (Phi) is 6.38. The van der Waals surface area contributed by atoms with E-state index >= 15 is 0 Å². The highest BCUT2D eigenvalue weighted by atomic mass is 31.2. The van der Waals surface area contributed by atoms with Gasteiger partial charge < -0.3 is 9.67 Å². The molecule has 26 heavy (non-hydrogen) atoms. The Hall–Kier alpha value is -2.22. The Bertz CT molecular complexity index is 790. The highest BCUT2D eigenvalue weighted by molar-refractivity contribution is 7.64. The summed E-state index contributed by atoms with van der Waals surface area (Å²) < 4.78 is 13.8. The average molecular weight is 365 g/mol. The predicted octanol–water partition coefficient (Wildman–Crippen LogP) is 4.92. The molecule has 0 fully saturated rings. The average Bonchev–Trinajstić information content (AvgIpc) is 2.72. The van der Waals surface area contributed by atoms with Gasteiger partial charge in [0.15, 0.2) is 0 Å². The third-order valence-electron chi connectivity index (χ3n) is 4.64. The molecule has 0 aliphatic carbocycles. The van der Waals surface area contributed by atoms with Crippen LogP contribution in [-0.2, 0) is 17.4 Å². The molecule has 1 aromatic heterocycles. The molecule has 1 atom stereocenters. The monoisotopic (exact) mass is 365 g/mol. The lowest BCUT2D eigenvalue weighted by atomic mass is 10.2. The molecule has 0 spiro atoms. The number of hydrogen-bond donors (Lipinski definition) is 1. The topological polar surface area (TPSA) is 50.2 Å². The van der Waals surface area contributed by atoms with Crippen molar-refractivity contribution in [3.05, 3.63) is 102 Å². The van der Waals surface area contributed by atoms with Gasteiger partial charge in [0.1, 0.15) is 13.0 Å². The molecule has 0 saturated heterocycles. The molecule has 0 aliphatic rings. The molecule has 1 heterocycles. The van der Waals surface area contributed by atoms with Crippen LogP contribution < -0.4 is 0 Å². The standard InChI is InChI=1S/C22H24NO2P/c24-22(21-13-7-8-16-23-21)26(25,17-14-19-9-3-1-4-10-19)18-15-20-11-5-2-6-12-20/h1-13,16,22,24H,14-15,17-18H2. The number of pyridine rings is 1. The quantitative estimate of drug-likeness (QED) is 0.577. The van der Waals surface area contributed by atoms with E-state index in [0.29, 0.717) is 30.9 Å². The van der Waals surface area contributed by atoms with E-state index in [1.54, 1.807) is 18.3 Å². The zero-order valence-corrected chi connectivity index (χ0v) is 15.6. The molecule has 3 rings (SSSR count). The van der Waals surface area contributed by atoms with E-state index in [-0.39, 0.29) is 0 Å². The molecule has 0 radical (unpaired) electrons. The van der Waals surface area contributed by atoms with Crippen molar-refractivity contribution in [2.45, 2.75) is 18.7 Å². The SMILES string of the molecule is O=P(CCc1ccccc1)(CCc1ccccc1)C(O)c1ccccn1. The van der Waals surface area contributed by atoms with Crippen LogP contribution in [-0.4, -0.2) is 22.4 Å². The Morgan fingerprint density at radius 1 is 0.769 bits per heavy atom. The second-order valence-electron chi connectivity index (χ2n) is 6.50.